The zero-order valence-corrected chi connectivity index (χ0v) is 15.8. The van der Waals surface area contributed by atoms with Crippen molar-refractivity contribution < 1.29 is 9.47 Å². The summed E-state index contributed by atoms with van der Waals surface area (Å²) < 4.78 is 11.0. The van der Waals surface area contributed by atoms with Crippen molar-refractivity contribution in [2.75, 3.05) is 62.4 Å². The fourth-order valence-electron chi connectivity index (χ4n) is 3.67. The molecule has 2 aromatic heterocycles. The van der Waals surface area contributed by atoms with E-state index in [0.29, 0.717) is 26.4 Å². The summed E-state index contributed by atoms with van der Waals surface area (Å²) in [5, 5.41) is 0.985. The highest BCUT2D eigenvalue weighted by atomic mass is 16.5. The van der Waals surface area contributed by atoms with E-state index in [9.17, 15) is 0 Å². The van der Waals surface area contributed by atoms with Crippen LogP contribution in [0.5, 0.6) is 0 Å². The fourth-order valence-corrected chi connectivity index (χ4v) is 3.67. The molecule has 0 atom stereocenters. The Morgan fingerprint density at radius 1 is 0.679 bits per heavy atom. The van der Waals surface area contributed by atoms with Crippen molar-refractivity contribution in [2.24, 2.45) is 0 Å². The normalized spacial score (nSPS) is 17.9. The highest BCUT2D eigenvalue weighted by Crippen LogP contribution is 2.29. The molecule has 0 amide bonds. The lowest BCUT2D eigenvalue weighted by Gasteiger charge is -2.31. The summed E-state index contributed by atoms with van der Waals surface area (Å²) in [5.41, 5.74) is 2.75. The first kappa shape index (κ1) is 17.3. The van der Waals surface area contributed by atoms with Crippen LogP contribution in [0, 0.1) is 0 Å². The van der Waals surface area contributed by atoms with Crippen molar-refractivity contribution in [1.29, 1.82) is 0 Å². The van der Waals surface area contributed by atoms with Gasteiger partial charge >= 0.3 is 0 Å². The lowest BCUT2D eigenvalue weighted by atomic mass is 10.1. The molecule has 5 rings (SSSR count). The van der Waals surface area contributed by atoms with Gasteiger partial charge in [0, 0.05) is 31.7 Å². The first-order chi connectivity index (χ1) is 13.9. The number of aromatic nitrogens is 3. The fraction of sp³-hybridized carbons (Fsp3) is 0.381. The lowest BCUT2D eigenvalue weighted by molar-refractivity contribution is 0.121. The molecule has 0 saturated carbocycles. The van der Waals surface area contributed by atoms with E-state index in [1.165, 1.54) is 0 Å². The van der Waals surface area contributed by atoms with Crippen molar-refractivity contribution in [2.45, 2.75) is 0 Å². The molecule has 0 unspecified atom stereocenters. The minimum absolute atomic E-state index is 0.700. The molecule has 7 heteroatoms. The summed E-state index contributed by atoms with van der Waals surface area (Å²) in [6, 6.07) is 14.4. The summed E-state index contributed by atoms with van der Waals surface area (Å²) in [5.74, 6) is 1.68. The van der Waals surface area contributed by atoms with Gasteiger partial charge in [0.2, 0.25) is 5.95 Å². The molecule has 0 bridgehead atoms. The van der Waals surface area contributed by atoms with E-state index in [1.54, 1.807) is 0 Å². The van der Waals surface area contributed by atoms with Crippen molar-refractivity contribution >= 4 is 22.8 Å². The quantitative estimate of drug-likeness (QED) is 0.694. The number of benzene rings is 1. The molecule has 0 radical (unpaired) electrons. The standard InChI is InChI=1S/C21H23N5O2/c1-2-4-16(5-3-1)18-7-6-17-19(22-18)23-21(26-10-14-28-15-11-26)24-20(17)25-8-12-27-13-9-25/h1-7H,8-15H2. The van der Waals surface area contributed by atoms with Crippen molar-refractivity contribution in [3.63, 3.8) is 0 Å². The Bertz CT molecular complexity index is 954. The Morgan fingerprint density at radius 3 is 2.07 bits per heavy atom. The van der Waals surface area contributed by atoms with Gasteiger partial charge in [-0.1, -0.05) is 30.3 Å². The highest BCUT2D eigenvalue weighted by molar-refractivity contribution is 5.89. The van der Waals surface area contributed by atoms with E-state index in [0.717, 1.165) is 60.2 Å². The zero-order valence-electron chi connectivity index (χ0n) is 15.8. The Morgan fingerprint density at radius 2 is 1.36 bits per heavy atom. The van der Waals surface area contributed by atoms with Gasteiger partial charge in [0.05, 0.1) is 37.5 Å². The van der Waals surface area contributed by atoms with Crippen molar-refractivity contribution in [3.8, 4) is 11.3 Å². The molecular formula is C21H23N5O2. The first-order valence-corrected chi connectivity index (χ1v) is 9.78. The summed E-state index contributed by atoms with van der Waals surface area (Å²) >= 11 is 0. The summed E-state index contributed by atoms with van der Waals surface area (Å²) in [6.07, 6.45) is 0. The van der Waals surface area contributed by atoms with Crippen LogP contribution in [0.25, 0.3) is 22.3 Å². The summed E-state index contributed by atoms with van der Waals surface area (Å²) in [4.78, 5) is 19.1. The third-order valence-electron chi connectivity index (χ3n) is 5.20. The van der Waals surface area contributed by atoms with Crippen molar-refractivity contribution in [1.82, 2.24) is 15.0 Å². The molecule has 144 valence electrons. The molecule has 2 saturated heterocycles. The lowest BCUT2D eigenvalue weighted by Crippen LogP contribution is -2.39. The van der Waals surface area contributed by atoms with Gasteiger partial charge in [-0.3, -0.25) is 0 Å². The molecule has 7 nitrogen and oxygen atoms in total. The van der Waals surface area contributed by atoms with Crippen molar-refractivity contribution in [3.05, 3.63) is 42.5 Å². The van der Waals surface area contributed by atoms with Gasteiger partial charge in [0.1, 0.15) is 5.82 Å². The average molecular weight is 377 g/mol. The van der Waals surface area contributed by atoms with Crippen LogP contribution in [0.15, 0.2) is 42.5 Å². The molecule has 2 fully saturated rings. The van der Waals surface area contributed by atoms with Crippen LogP contribution in [-0.4, -0.2) is 67.6 Å². The Hall–Kier alpha value is -2.77. The van der Waals surface area contributed by atoms with Crippen LogP contribution in [0.3, 0.4) is 0 Å². The van der Waals surface area contributed by atoms with Crippen LogP contribution >= 0.6 is 0 Å². The highest BCUT2D eigenvalue weighted by Gasteiger charge is 2.21. The van der Waals surface area contributed by atoms with E-state index < -0.39 is 0 Å². The van der Waals surface area contributed by atoms with E-state index >= 15 is 0 Å². The van der Waals surface area contributed by atoms with Crippen LogP contribution in [0.2, 0.25) is 0 Å². The molecular weight excluding hydrogens is 354 g/mol. The number of hydrogen-bond acceptors (Lipinski definition) is 7. The predicted octanol–water partition coefficient (Wildman–Crippen LogP) is 2.37. The van der Waals surface area contributed by atoms with E-state index in [1.807, 2.05) is 18.2 Å². The van der Waals surface area contributed by atoms with E-state index in [2.05, 4.69) is 34.1 Å². The monoisotopic (exact) mass is 377 g/mol. The van der Waals surface area contributed by atoms with Gasteiger partial charge in [0.15, 0.2) is 5.65 Å². The van der Waals surface area contributed by atoms with Crippen LogP contribution in [0.4, 0.5) is 11.8 Å². The maximum atomic E-state index is 5.53. The number of nitrogens with zero attached hydrogens (tertiary/aromatic N) is 5. The Kier molecular flexibility index (Phi) is 4.76. The summed E-state index contributed by atoms with van der Waals surface area (Å²) in [7, 11) is 0. The average Bonchev–Trinajstić information content (AvgIpc) is 2.79. The smallest absolute Gasteiger partial charge is 0.229 e. The van der Waals surface area contributed by atoms with Crippen LogP contribution in [0.1, 0.15) is 0 Å². The summed E-state index contributed by atoms with van der Waals surface area (Å²) in [6.45, 7) is 6.09. The topological polar surface area (TPSA) is 63.6 Å². The minimum Gasteiger partial charge on any atom is -0.378 e. The maximum Gasteiger partial charge on any atom is 0.229 e. The van der Waals surface area contributed by atoms with Gasteiger partial charge < -0.3 is 19.3 Å². The molecule has 2 aliphatic rings. The van der Waals surface area contributed by atoms with Gasteiger partial charge in [-0.25, -0.2) is 4.98 Å². The molecule has 4 heterocycles. The Labute approximate surface area is 163 Å². The molecule has 0 spiro atoms. The maximum absolute atomic E-state index is 5.53. The second kappa shape index (κ2) is 7.69. The largest absolute Gasteiger partial charge is 0.378 e. The molecule has 1 aromatic carbocycles. The second-order valence-electron chi connectivity index (χ2n) is 6.98. The predicted molar refractivity (Wildman–Crippen MR) is 109 cm³/mol. The number of rotatable bonds is 3. The van der Waals surface area contributed by atoms with Gasteiger partial charge in [0.25, 0.3) is 0 Å². The molecule has 28 heavy (non-hydrogen) atoms. The number of ether oxygens (including phenoxy) is 2. The molecule has 0 aliphatic carbocycles. The number of pyridine rings is 1. The van der Waals surface area contributed by atoms with Gasteiger partial charge in [-0.2, -0.15) is 9.97 Å². The number of morpholine rings is 2. The SMILES string of the molecule is c1ccc(-c2ccc3c(N4CCOCC4)nc(N4CCOCC4)nc3n2)cc1. The second-order valence-corrected chi connectivity index (χ2v) is 6.98. The number of fused-ring (bicyclic) bond motifs is 1. The Balaban J connectivity index is 1.63. The minimum atomic E-state index is 0.700. The third-order valence-corrected chi connectivity index (χ3v) is 5.20. The van der Waals surface area contributed by atoms with E-state index in [-0.39, 0.29) is 0 Å². The van der Waals surface area contributed by atoms with Crippen LogP contribution in [-0.2, 0) is 9.47 Å². The third kappa shape index (κ3) is 3.39. The van der Waals surface area contributed by atoms with E-state index in [4.69, 9.17) is 24.4 Å². The molecule has 3 aromatic rings. The molecule has 0 N–H and O–H groups in total. The van der Waals surface area contributed by atoms with Gasteiger partial charge in [-0.15, -0.1) is 0 Å². The number of anilines is 2. The molecule has 2 aliphatic heterocycles. The number of hydrogen-bond donors (Lipinski definition) is 0. The van der Waals surface area contributed by atoms with Crippen LogP contribution < -0.4 is 9.80 Å². The first-order valence-electron chi connectivity index (χ1n) is 9.78. The van der Waals surface area contributed by atoms with Gasteiger partial charge in [-0.05, 0) is 12.1 Å². The zero-order chi connectivity index (χ0) is 18.8.